The maximum atomic E-state index is 17.7. The van der Waals surface area contributed by atoms with Crippen molar-refractivity contribution < 1.29 is 40.5 Å². The monoisotopic (exact) mass is 854 g/mol. The first kappa shape index (κ1) is 41.4. The van der Waals surface area contributed by atoms with Crippen LogP contribution in [-0.4, -0.2) is 5.97 Å². The standard InChI is InChI=1S/C63H42O2.Na.H/c64-61(65-60-42-18-30-48-24-6-12-36-54(48)60)63(58-40-16-28-46-22-4-10-34-52(46)58,59-41-17-29-47-23-5-11-35-53(47)59)62(55-37-13-25-43-19-1-7-31-49(43)55,56-38-14-26-44-20-2-8-32-50(44)56)57-39-15-27-45-21-3-9-33-51(45)57;;/h1-42H;;/q;+1;-1. The predicted molar refractivity (Wildman–Crippen MR) is 271 cm³/mol. The molecule has 0 bridgehead atoms. The first-order valence-electron chi connectivity index (χ1n) is 22.3. The van der Waals surface area contributed by atoms with Crippen molar-refractivity contribution in [3.63, 3.8) is 0 Å². The number of rotatable bonds is 8. The fourth-order valence-corrected chi connectivity index (χ4v) is 11.2. The summed E-state index contributed by atoms with van der Waals surface area (Å²) in [6.45, 7) is 0. The van der Waals surface area contributed by atoms with Gasteiger partial charge in [-0.25, -0.2) is 0 Å². The van der Waals surface area contributed by atoms with E-state index < -0.39 is 16.8 Å². The van der Waals surface area contributed by atoms with Crippen LogP contribution in [-0.2, 0) is 15.6 Å². The van der Waals surface area contributed by atoms with E-state index in [0.717, 1.165) is 92.5 Å². The van der Waals surface area contributed by atoms with Gasteiger partial charge in [0, 0.05) is 5.39 Å². The zero-order chi connectivity index (χ0) is 43.4. The number of carbonyl (C=O) groups excluding carboxylic acids is 1. The van der Waals surface area contributed by atoms with Crippen LogP contribution in [0.15, 0.2) is 255 Å². The Hall–Kier alpha value is -7.33. The Balaban J connectivity index is 0.00000263. The fourth-order valence-electron chi connectivity index (χ4n) is 11.2. The number of ether oxygens (including phenoxy) is 1. The summed E-state index contributed by atoms with van der Waals surface area (Å²) in [7, 11) is 0. The fraction of sp³-hybridized carbons (Fsp3) is 0.0317. The maximum Gasteiger partial charge on any atom is 1.00 e. The number of benzene rings is 12. The Morgan fingerprint density at radius 1 is 0.288 bits per heavy atom. The second kappa shape index (κ2) is 16.9. The molecule has 12 aromatic carbocycles. The van der Waals surface area contributed by atoms with Crippen LogP contribution in [0.3, 0.4) is 0 Å². The summed E-state index contributed by atoms with van der Waals surface area (Å²) in [4.78, 5) is 17.7. The molecule has 0 amide bonds. The molecule has 0 radical (unpaired) electrons. The van der Waals surface area contributed by atoms with E-state index in [1.54, 1.807) is 0 Å². The number of hydrogen-bond donors (Lipinski definition) is 0. The number of esters is 1. The van der Waals surface area contributed by atoms with Crippen molar-refractivity contribution in [2.24, 2.45) is 0 Å². The van der Waals surface area contributed by atoms with Crippen molar-refractivity contribution in [3.8, 4) is 5.75 Å². The van der Waals surface area contributed by atoms with Crippen LogP contribution in [0, 0.1) is 0 Å². The van der Waals surface area contributed by atoms with Crippen molar-refractivity contribution in [1.82, 2.24) is 0 Å². The van der Waals surface area contributed by atoms with Gasteiger partial charge in [0.15, 0.2) is 0 Å². The number of hydrogen-bond acceptors (Lipinski definition) is 2. The van der Waals surface area contributed by atoms with E-state index in [1.807, 2.05) is 30.3 Å². The van der Waals surface area contributed by atoms with Gasteiger partial charge in [0.25, 0.3) is 0 Å². The van der Waals surface area contributed by atoms with Gasteiger partial charge in [-0.05, 0) is 93.1 Å². The third-order valence-electron chi connectivity index (χ3n) is 13.8. The first-order valence-corrected chi connectivity index (χ1v) is 22.3. The van der Waals surface area contributed by atoms with E-state index in [-0.39, 0.29) is 31.0 Å². The SMILES string of the molecule is O=C(Oc1cccc2ccccc12)C(c1cccc2ccccc12)(c1cccc2ccccc12)C(c1cccc2ccccc12)(c1cccc2ccccc12)c1cccc2ccccc12.[H-].[Na+]. The molecule has 0 fully saturated rings. The van der Waals surface area contributed by atoms with Crippen molar-refractivity contribution >= 4 is 70.6 Å². The molecule has 0 spiro atoms. The Labute approximate surface area is 407 Å². The second-order valence-electron chi connectivity index (χ2n) is 17.0. The number of carbonyl (C=O) groups is 1. The predicted octanol–water partition coefficient (Wildman–Crippen LogP) is 12.6. The van der Waals surface area contributed by atoms with Crippen LogP contribution >= 0.6 is 0 Å². The van der Waals surface area contributed by atoms with Crippen LogP contribution in [0.1, 0.15) is 29.2 Å². The van der Waals surface area contributed by atoms with Crippen LogP contribution in [0.25, 0.3) is 64.6 Å². The molecule has 66 heavy (non-hydrogen) atoms. The Kier molecular flexibility index (Phi) is 10.6. The summed E-state index contributed by atoms with van der Waals surface area (Å²) in [6.07, 6.45) is 0. The summed E-state index contributed by atoms with van der Waals surface area (Å²) in [5.41, 5.74) is 1.59. The van der Waals surface area contributed by atoms with Crippen LogP contribution < -0.4 is 34.3 Å². The Morgan fingerprint density at radius 3 is 0.879 bits per heavy atom. The molecule has 12 aromatic rings. The van der Waals surface area contributed by atoms with E-state index in [9.17, 15) is 0 Å². The van der Waals surface area contributed by atoms with Gasteiger partial charge in [0.05, 0.1) is 5.41 Å². The zero-order valence-corrected chi connectivity index (χ0v) is 38.6. The molecule has 0 heterocycles. The minimum atomic E-state index is -1.68. The molecule has 0 unspecified atom stereocenters. The van der Waals surface area contributed by atoms with Gasteiger partial charge in [0.1, 0.15) is 11.2 Å². The first-order chi connectivity index (χ1) is 32.2. The molecule has 0 aliphatic carbocycles. The second-order valence-corrected chi connectivity index (χ2v) is 17.0. The third-order valence-corrected chi connectivity index (χ3v) is 13.8. The molecule has 0 aromatic heterocycles. The average Bonchev–Trinajstić information content (AvgIpc) is 3.37. The van der Waals surface area contributed by atoms with Crippen molar-refractivity contribution in [2.75, 3.05) is 0 Å². The zero-order valence-electron chi connectivity index (χ0n) is 37.6. The van der Waals surface area contributed by atoms with Crippen molar-refractivity contribution in [1.29, 1.82) is 0 Å². The minimum absolute atomic E-state index is 0. The van der Waals surface area contributed by atoms with E-state index in [1.165, 1.54) is 0 Å². The van der Waals surface area contributed by atoms with Gasteiger partial charge >= 0.3 is 35.5 Å². The van der Waals surface area contributed by atoms with E-state index in [2.05, 4.69) is 224 Å². The molecule has 0 aliphatic heterocycles. The summed E-state index contributed by atoms with van der Waals surface area (Å²) in [5.74, 6) is 0.107. The maximum absolute atomic E-state index is 17.7. The van der Waals surface area contributed by atoms with Gasteiger partial charge in [-0.15, -0.1) is 0 Å². The van der Waals surface area contributed by atoms with Crippen LogP contribution in [0.2, 0.25) is 0 Å². The number of fused-ring (bicyclic) bond motifs is 6. The molecule has 0 saturated carbocycles. The van der Waals surface area contributed by atoms with Gasteiger partial charge in [-0.3, -0.25) is 4.79 Å². The molecule has 3 heteroatoms. The summed E-state index contributed by atoms with van der Waals surface area (Å²) < 4.78 is 7.37. The molecular weight excluding hydrogens is 812 g/mol. The van der Waals surface area contributed by atoms with Gasteiger partial charge < -0.3 is 6.16 Å². The summed E-state index contributed by atoms with van der Waals surface area (Å²) >= 11 is 0. The topological polar surface area (TPSA) is 26.3 Å². The van der Waals surface area contributed by atoms with Crippen molar-refractivity contribution in [3.05, 3.63) is 283 Å². The summed E-state index contributed by atoms with van der Waals surface area (Å²) in [6, 6.07) is 89.7. The Bertz CT molecular complexity index is 3520. The largest absolute Gasteiger partial charge is 1.00 e. The van der Waals surface area contributed by atoms with E-state index in [4.69, 9.17) is 4.74 Å². The molecule has 0 N–H and O–H groups in total. The van der Waals surface area contributed by atoms with Crippen LogP contribution in [0.5, 0.6) is 5.75 Å². The molecule has 12 rings (SSSR count). The third kappa shape index (κ3) is 6.25. The van der Waals surface area contributed by atoms with E-state index >= 15 is 4.79 Å². The average molecular weight is 855 g/mol. The minimum Gasteiger partial charge on any atom is -1.00 e. The van der Waals surface area contributed by atoms with E-state index in [0.29, 0.717) is 5.75 Å². The molecule has 0 saturated heterocycles. The molecule has 2 nitrogen and oxygen atoms in total. The van der Waals surface area contributed by atoms with Gasteiger partial charge in [0.2, 0.25) is 0 Å². The molecular formula is C63H43NaO2. The smallest absolute Gasteiger partial charge is 1.00 e. The summed E-state index contributed by atoms with van der Waals surface area (Å²) in [5, 5.41) is 12.2. The molecule has 308 valence electrons. The van der Waals surface area contributed by atoms with Crippen LogP contribution in [0.4, 0.5) is 0 Å². The molecule has 0 aliphatic rings. The quantitative estimate of drug-likeness (QED) is 0.0659. The van der Waals surface area contributed by atoms with Gasteiger partial charge in [-0.2, -0.15) is 0 Å². The normalized spacial score (nSPS) is 11.9. The Morgan fingerprint density at radius 2 is 0.530 bits per heavy atom. The molecule has 0 atom stereocenters. The van der Waals surface area contributed by atoms with Gasteiger partial charge in [-0.1, -0.05) is 249 Å². The van der Waals surface area contributed by atoms with Crippen molar-refractivity contribution in [2.45, 2.75) is 10.8 Å².